The number of hydrogen-bond donors (Lipinski definition) is 0. The minimum Gasteiger partial charge on any atom is -0.493 e. The third-order valence-electron chi connectivity index (χ3n) is 5.24. The molecule has 1 aliphatic rings. The van der Waals surface area contributed by atoms with E-state index in [4.69, 9.17) is 9.47 Å². The van der Waals surface area contributed by atoms with Gasteiger partial charge in [0.15, 0.2) is 11.5 Å². The second-order valence-electron chi connectivity index (χ2n) is 7.14. The summed E-state index contributed by atoms with van der Waals surface area (Å²) in [4.78, 5) is 17.0. The van der Waals surface area contributed by atoms with Crippen molar-refractivity contribution in [3.8, 4) is 11.5 Å². The first kappa shape index (κ1) is 19.7. The van der Waals surface area contributed by atoms with Gasteiger partial charge in [0.05, 0.1) is 19.1 Å². The molecule has 0 aliphatic heterocycles. The van der Waals surface area contributed by atoms with Gasteiger partial charge in [0.25, 0.3) is 5.91 Å². The maximum Gasteiger partial charge on any atom is 0.263 e. The van der Waals surface area contributed by atoms with Crippen molar-refractivity contribution in [2.24, 2.45) is 0 Å². The molecular formula is C22H29NO3S. The summed E-state index contributed by atoms with van der Waals surface area (Å²) in [5.74, 6) is 1.58. The Kier molecular flexibility index (Phi) is 6.78. The highest BCUT2D eigenvalue weighted by atomic mass is 32.1. The number of carbonyl (C=O) groups is 1. The number of thiophene rings is 1. The van der Waals surface area contributed by atoms with E-state index < -0.39 is 0 Å². The van der Waals surface area contributed by atoms with Crippen molar-refractivity contribution < 1.29 is 14.3 Å². The van der Waals surface area contributed by atoms with Gasteiger partial charge in [-0.15, -0.1) is 11.3 Å². The Balaban J connectivity index is 1.63. The maximum absolute atomic E-state index is 12.9. The van der Waals surface area contributed by atoms with Gasteiger partial charge >= 0.3 is 0 Å². The lowest BCUT2D eigenvalue weighted by molar-refractivity contribution is 0.0801. The Hall–Kier alpha value is -2.01. The zero-order valence-corrected chi connectivity index (χ0v) is 17.4. The molecule has 1 aromatic carbocycles. The molecule has 0 saturated heterocycles. The normalized spacial score (nSPS) is 14.0. The number of ether oxygens (including phenoxy) is 2. The number of methoxy groups -OCH3 is 2. The predicted octanol–water partition coefficient (Wildman–Crippen LogP) is 4.74. The molecule has 0 atom stereocenters. The van der Waals surface area contributed by atoms with Crippen LogP contribution in [0.4, 0.5) is 0 Å². The van der Waals surface area contributed by atoms with Crippen molar-refractivity contribution in [3.05, 3.63) is 45.1 Å². The number of nitrogens with zero attached hydrogens (tertiary/aromatic N) is 1. The number of carbonyl (C=O) groups excluding carboxylic acids is 1. The quantitative estimate of drug-likeness (QED) is 0.719. The summed E-state index contributed by atoms with van der Waals surface area (Å²) in [5.41, 5.74) is 2.53. The SMILES string of the molecule is COc1ccc(CCN(C)C(=O)c2cc3c(s2)CCCCCC3)cc1OC. The van der Waals surface area contributed by atoms with Crippen LogP contribution in [0.15, 0.2) is 24.3 Å². The van der Waals surface area contributed by atoms with E-state index in [2.05, 4.69) is 6.07 Å². The molecule has 5 heteroatoms. The van der Waals surface area contributed by atoms with Crippen LogP contribution in [0.2, 0.25) is 0 Å². The summed E-state index contributed by atoms with van der Waals surface area (Å²) >= 11 is 1.70. The number of fused-ring (bicyclic) bond motifs is 1. The number of hydrogen-bond acceptors (Lipinski definition) is 4. The smallest absolute Gasteiger partial charge is 0.263 e. The Labute approximate surface area is 166 Å². The summed E-state index contributed by atoms with van der Waals surface area (Å²) < 4.78 is 10.6. The summed E-state index contributed by atoms with van der Waals surface area (Å²) in [7, 11) is 5.16. The average Bonchev–Trinajstić information content (AvgIpc) is 3.07. The third-order valence-corrected chi connectivity index (χ3v) is 6.46. The average molecular weight is 388 g/mol. The Morgan fingerprint density at radius 1 is 1.04 bits per heavy atom. The van der Waals surface area contributed by atoms with Gasteiger partial charge in [0, 0.05) is 18.5 Å². The Bertz CT molecular complexity index is 758. The Morgan fingerprint density at radius 3 is 2.52 bits per heavy atom. The van der Waals surface area contributed by atoms with Gasteiger partial charge in [0.1, 0.15) is 0 Å². The van der Waals surface area contributed by atoms with Gasteiger partial charge in [-0.05, 0) is 61.4 Å². The molecule has 3 rings (SSSR count). The fourth-order valence-corrected chi connectivity index (χ4v) is 4.82. The van der Waals surface area contributed by atoms with Crippen molar-refractivity contribution in [3.63, 3.8) is 0 Å². The first-order chi connectivity index (χ1) is 13.1. The third kappa shape index (κ3) is 4.83. The molecular weight excluding hydrogens is 358 g/mol. The number of rotatable bonds is 6. The van der Waals surface area contributed by atoms with E-state index in [1.54, 1.807) is 25.6 Å². The number of likely N-dealkylation sites (N-methyl/N-ethyl adjacent to an activating group) is 1. The van der Waals surface area contributed by atoms with E-state index in [0.29, 0.717) is 6.54 Å². The molecule has 4 nitrogen and oxygen atoms in total. The zero-order valence-electron chi connectivity index (χ0n) is 16.5. The molecule has 0 fully saturated rings. The molecule has 0 bridgehead atoms. The van der Waals surface area contributed by atoms with Crippen molar-refractivity contribution >= 4 is 17.2 Å². The maximum atomic E-state index is 12.9. The molecule has 1 aromatic heterocycles. The van der Waals surface area contributed by atoms with E-state index in [1.165, 1.54) is 36.1 Å². The summed E-state index contributed by atoms with van der Waals surface area (Å²) in [6.45, 7) is 0.677. The molecule has 1 heterocycles. The molecule has 0 saturated carbocycles. The van der Waals surface area contributed by atoms with Crippen LogP contribution in [0, 0.1) is 0 Å². The summed E-state index contributed by atoms with van der Waals surface area (Å²) in [6, 6.07) is 8.06. The van der Waals surface area contributed by atoms with Gasteiger partial charge in [-0.1, -0.05) is 18.9 Å². The fourth-order valence-electron chi connectivity index (χ4n) is 3.57. The first-order valence-corrected chi connectivity index (χ1v) is 10.5. The molecule has 0 spiro atoms. The van der Waals surface area contributed by atoms with E-state index in [0.717, 1.165) is 41.2 Å². The van der Waals surface area contributed by atoms with E-state index >= 15 is 0 Å². The highest BCUT2D eigenvalue weighted by Crippen LogP contribution is 2.30. The first-order valence-electron chi connectivity index (χ1n) is 9.70. The second kappa shape index (κ2) is 9.27. The van der Waals surface area contributed by atoms with Crippen molar-refractivity contribution in [1.82, 2.24) is 4.90 Å². The molecule has 1 amide bonds. The lowest BCUT2D eigenvalue weighted by atomic mass is 10.00. The highest BCUT2D eigenvalue weighted by molar-refractivity contribution is 7.14. The second-order valence-corrected chi connectivity index (χ2v) is 8.28. The van der Waals surface area contributed by atoms with Crippen LogP contribution in [0.5, 0.6) is 11.5 Å². The van der Waals surface area contributed by atoms with Gasteiger partial charge in [0.2, 0.25) is 0 Å². The monoisotopic (exact) mass is 387 g/mol. The molecule has 1 aliphatic carbocycles. The van der Waals surface area contributed by atoms with Crippen molar-refractivity contribution in [2.45, 2.75) is 44.9 Å². The van der Waals surface area contributed by atoms with Gasteiger partial charge < -0.3 is 14.4 Å². The highest BCUT2D eigenvalue weighted by Gasteiger charge is 2.18. The summed E-state index contributed by atoms with van der Waals surface area (Å²) in [6.07, 6.45) is 8.14. The lowest BCUT2D eigenvalue weighted by Gasteiger charge is -2.17. The van der Waals surface area contributed by atoms with E-state index in [1.807, 2.05) is 30.1 Å². The minimum atomic E-state index is 0.132. The molecule has 0 N–H and O–H groups in total. The molecule has 2 aromatic rings. The topological polar surface area (TPSA) is 38.8 Å². The summed E-state index contributed by atoms with van der Waals surface area (Å²) in [5, 5.41) is 0. The van der Waals surface area contributed by atoms with Gasteiger partial charge in [-0.25, -0.2) is 0 Å². The fraction of sp³-hybridized carbons (Fsp3) is 0.500. The van der Waals surface area contributed by atoms with E-state index in [9.17, 15) is 4.79 Å². The van der Waals surface area contributed by atoms with Crippen LogP contribution >= 0.6 is 11.3 Å². The minimum absolute atomic E-state index is 0.132. The van der Waals surface area contributed by atoms with Crippen LogP contribution in [0.3, 0.4) is 0 Å². The van der Waals surface area contributed by atoms with Gasteiger partial charge in [-0.2, -0.15) is 0 Å². The molecule has 0 radical (unpaired) electrons. The number of aryl methyl sites for hydroxylation is 2. The van der Waals surface area contributed by atoms with Crippen LogP contribution in [-0.2, 0) is 19.3 Å². The van der Waals surface area contributed by atoms with Crippen molar-refractivity contribution in [1.29, 1.82) is 0 Å². The van der Waals surface area contributed by atoms with Crippen LogP contribution in [-0.4, -0.2) is 38.6 Å². The number of amides is 1. The molecule has 146 valence electrons. The van der Waals surface area contributed by atoms with Crippen LogP contribution in [0.1, 0.15) is 51.4 Å². The van der Waals surface area contributed by atoms with E-state index in [-0.39, 0.29) is 5.91 Å². The van der Waals surface area contributed by atoms with Gasteiger partial charge in [-0.3, -0.25) is 4.79 Å². The van der Waals surface area contributed by atoms with Crippen LogP contribution < -0.4 is 9.47 Å². The lowest BCUT2D eigenvalue weighted by Crippen LogP contribution is -2.28. The molecule has 27 heavy (non-hydrogen) atoms. The zero-order chi connectivity index (χ0) is 19.2. The van der Waals surface area contributed by atoms with Crippen molar-refractivity contribution in [2.75, 3.05) is 27.8 Å². The standard InChI is InChI=1S/C22H29NO3S/c1-23(13-12-16-10-11-18(25-2)19(14-16)26-3)22(24)21-15-17-8-6-4-5-7-9-20(17)27-21/h10-11,14-15H,4-9,12-13H2,1-3H3. The molecule has 0 unspecified atom stereocenters. The number of benzene rings is 1. The Morgan fingerprint density at radius 2 is 1.78 bits per heavy atom. The predicted molar refractivity (Wildman–Crippen MR) is 110 cm³/mol. The largest absolute Gasteiger partial charge is 0.493 e. The van der Waals surface area contributed by atoms with Crippen LogP contribution in [0.25, 0.3) is 0 Å².